The minimum absolute atomic E-state index is 0.0224. The second-order valence-electron chi connectivity index (χ2n) is 4.97. The molecule has 1 aromatic heterocycles. The molecule has 2 N–H and O–H groups in total. The van der Waals surface area contributed by atoms with E-state index in [4.69, 9.17) is 0 Å². The van der Waals surface area contributed by atoms with Gasteiger partial charge in [0.15, 0.2) is 0 Å². The molecule has 19 heavy (non-hydrogen) atoms. The Morgan fingerprint density at radius 3 is 3.11 bits per heavy atom. The lowest BCUT2D eigenvalue weighted by atomic mass is 10.0. The topological polar surface area (TPSA) is 65.5 Å². The fourth-order valence-electron chi connectivity index (χ4n) is 2.61. The summed E-state index contributed by atoms with van der Waals surface area (Å²) >= 11 is 0. The van der Waals surface area contributed by atoms with Crippen LogP contribution in [0.5, 0.6) is 0 Å². The summed E-state index contributed by atoms with van der Waals surface area (Å²) in [4.78, 5) is 18.4. The lowest BCUT2D eigenvalue weighted by Crippen LogP contribution is -2.40. The highest BCUT2D eigenvalue weighted by Crippen LogP contribution is 2.27. The third-order valence-corrected chi connectivity index (χ3v) is 3.75. The van der Waals surface area contributed by atoms with Crippen molar-refractivity contribution in [1.82, 2.24) is 9.88 Å². The summed E-state index contributed by atoms with van der Waals surface area (Å²) in [7, 11) is 0. The van der Waals surface area contributed by atoms with E-state index >= 15 is 0 Å². The quantitative estimate of drug-likeness (QED) is 0.860. The van der Waals surface area contributed by atoms with Crippen LogP contribution >= 0.6 is 0 Å². The molecule has 0 aliphatic carbocycles. The number of pyridine rings is 1. The molecular weight excluding hydrogens is 242 g/mol. The van der Waals surface area contributed by atoms with Gasteiger partial charge in [0.2, 0.25) is 0 Å². The van der Waals surface area contributed by atoms with E-state index in [0.717, 1.165) is 18.7 Å². The van der Waals surface area contributed by atoms with E-state index in [2.05, 4.69) is 17.2 Å². The number of hydrogen-bond donors (Lipinski definition) is 2. The number of likely N-dealkylation sites (tertiary alicyclic amines) is 1. The Kier molecular flexibility index (Phi) is 4.37. The molecule has 1 fully saturated rings. The van der Waals surface area contributed by atoms with E-state index < -0.39 is 0 Å². The van der Waals surface area contributed by atoms with Crippen molar-refractivity contribution in [2.75, 3.05) is 25.0 Å². The second-order valence-corrected chi connectivity index (χ2v) is 4.97. The summed E-state index contributed by atoms with van der Waals surface area (Å²) in [6.07, 6.45) is 4.24. The van der Waals surface area contributed by atoms with E-state index in [-0.39, 0.29) is 18.6 Å². The van der Waals surface area contributed by atoms with E-state index in [1.807, 2.05) is 6.92 Å². The first-order valence-electron chi connectivity index (χ1n) is 6.78. The highest BCUT2D eigenvalue weighted by molar-refractivity contribution is 5.99. The van der Waals surface area contributed by atoms with E-state index in [1.165, 1.54) is 0 Å². The normalized spacial score (nSPS) is 22.6. The molecule has 5 nitrogen and oxygen atoms in total. The van der Waals surface area contributed by atoms with Gasteiger partial charge >= 0.3 is 0 Å². The molecule has 0 bridgehead atoms. The van der Waals surface area contributed by atoms with Gasteiger partial charge in [0.05, 0.1) is 30.1 Å². The second kappa shape index (κ2) is 6.02. The van der Waals surface area contributed by atoms with Gasteiger partial charge in [-0.15, -0.1) is 0 Å². The standard InChI is InChI=1S/C14H21N3O2/c1-3-16-12-8-15-6-4-11(12)14(19)17-7-5-10(2)13(17)9-18/h4,6,8,10,13,16,18H,3,5,7,9H2,1-2H3. The molecular formula is C14H21N3O2. The van der Waals surface area contributed by atoms with Crippen LogP contribution in [0.2, 0.25) is 0 Å². The molecule has 0 spiro atoms. The van der Waals surface area contributed by atoms with Gasteiger partial charge in [0, 0.05) is 19.3 Å². The van der Waals surface area contributed by atoms with Crippen molar-refractivity contribution in [3.05, 3.63) is 24.0 Å². The molecule has 2 rings (SSSR count). The summed E-state index contributed by atoms with van der Waals surface area (Å²) in [6, 6.07) is 1.66. The van der Waals surface area contributed by atoms with E-state index in [1.54, 1.807) is 23.4 Å². The first kappa shape index (κ1) is 13.8. The zero-order chi connectivity index (χ0) is 13.8. The van der Waals surface area contributed by atoms with Crippen LogP contribution in [0.1, 0.15) is 30.6 Å². The summed E-state index contributed by atoms with van der Waals surface area (Å²) < 4.78 is 0. The third-order valence-electron chi connectivity index (χ3n) is 3.75. The largest absolute Gasteiger partial charge is 0.394 e. The number of aliphatic hydroxyl groups excluding tert-OH is 1. The number of carbonyl (C=O) groups is 1. The molecule has 1 saturated heterocycles. The van der Waals surface area contributed by atoms with Crippen molar-refractivity contribution in [1.29, 1.82) is 0 Å². The Balaban J connectivity index is 2.24. The van der Waals surface area contributed by atoms with Crippen LogP contribution in [0.3, 0.4) is 0 Å². The Hall–Kier alpha value is -1.62. The lowest BCUT2D eigenvalue weighted by Gasteiger charge is -2.26. The number of amides is 1. The first-order valence-corrected chi connectivity index (χ1v) is 6.78. The van der Waals surface area contributed by atoms with Gasteiger partial charge in [-0.25, -0.2) is 0 Å². The van der Waals surface area contributed by atoms with E-state index in [0.29, 0.717) is 18.0 Å². The molecule has 104 valence electrons. The van der Waals surface area contributed by atoms with Crippen LogP contribution in [0.4, 0.5) is 5.69 Å². The Bertz CT molecular complexity index is 450. The van der Waals surface area contributed by atoms with E-state index in [9.17, 15) is 9.90 Å². The molecule has 1 aliphatic heterocycles. The van der Waals surface area contributed by atoms with Crippen molar-refractivity contribution in [2.45, 2.75) is 26.3 Å². The number of nitrogens with one attached hydrogen (secondary N) is 1. The Morgan fingerprint density at radius 2 is 2.42 bits per heavy atom. The van der Waals surface area contributed by atoms with Crippen LogP contribution in [0.15, 0.2) is 18.5 Å². The van der Waals surface area contributed by atoms with Crippen molar-refractivity contribution < 1.29 is 9.90 Å². The summed E-state index contributed by atoms with van der Waals surface area (Å²) in [6.45, 7) is 5.53. The zero-order valence-corrected chi connectivity index (χ0v) is 11.5. The molecule has 2 unspecified atom stereocenters. The number of aliphatic hydroxyl groups is 1. The molecule has 2 atom stereocenters. The minimum Gasteiger partial charge on any atom is -0.394 e. The number of nitrogens with zero attached hydrogens (tertiary/aromatic N) is 2. The van der Waals surface area contributed by atoms with Crippen molar-refractivity contribution in [3.63, 3.8) is 0 Å². The summed E-state index contributed by atoms with van der Waals surface area (Å²) in [5.41, 5.74) is 1.38. The third kappa shape index (κ3) is 2.71. The smallest absolute Gasteiger partial charge is 0.256 e. The Morgan fingerprint density at radius 1 is 1.63 bits per heavy atom. The van der Waals surface area contributed by atoms with Crippen LogP contribution < -0.4 is 5.32 Å². The van der Waals surface area contributed by atoms with Crippen LogP contribution in [0.25, 0.3) is 0 Å². The fraction of sp³-hybridized carbons (Fsp3) is 0.571. The average Bonchev–Trinajstić information content (AvgIpc) is 2.80. The van der Waals surface area contributed by atoms with Crippen LogP contribution in [-0.2, 0) is 0 Å². The molecule has 1 aromatic rings. The van der Waals surface area contributed by atoms with Gasteiger partial charge in [0.1, 0.15) is 0 Å². The predicted molar refractivity (Wildman–Crippen MR) is 74.1 cm³/mol. The molecule has 1 amide bonds. The van der Waals surface area contributed by atoms with Gasteiger partial charge < -0.3 is 15.3 Å². The number of hydrogen-bond acceptors (Lipinski definition) is 4. The average molecular weight is 263 g/mol. The molecule has 0 radical (unpaired) electrons. The SMILES string of the molecule is CCNc1cnccc1C(=O)N1CCC(C)C1CO. The Labute approximate surface area is 113 Å². The van der Waals surface area contributed by atoms with Gasteiger partial charge in [-0.3, -0.25) is 9.78 Å². The molecule has 1 aliphatic rings. The van der Waals surface area contributed by atoms with Gasteiger partial charge in [0.25, 0.3) is 5.91 Å². The first-order chi connectivity index (χ1) is 9.19. The van der Waals surface area contributed by atoms with Crippen molar-refractivity contribution >= 4 is 11.6 Å². The summed E-state index contributed by atoms with van der Waals surface area (Å²) in [5.74, 6) is 0.320. The number of anilines is 1. The van der Waals surface area contributed by atoms with Crippen molar-refractivity contribution in [2.24, 2.45) is 5.92 Å². The molecule has 2 heterocycles. The maximum absolute atomic E-state index is 12.6. The maximum atomic E-state index is 12.6. The van der Waals surface area contributed by atoms with Gasteiger partial charge in [-0.2, -0.15) is 0 Å². The number of carbonyl (C=O) groups excluding carboxylic acids is 1. The monoisotopic (exact) mass is 263 g/mol. The molecule has 0 aromatic carbocycles. The predicted octanol–water partition coefficient (Wildman–Crippen LogP) is 1.36. The fourth-order valence-corrected chi connectivity index (χ4v) is 2.61. The molecule has 0 saturated carbocycles. The highest BCUT2D eigenvalue weighted by atomic mass is 16.3. The number of rotatable bonds is 4. The maximum Gasteiger partial charge on any atom is 0.256 e. The van der Waals surface area contributed by atoms with Gasteiger partial charge in [-0.05, 0) is 25.3 Å². The lowest BCUT2D eigenvalue weighted by molar-refractivity contribution is 0.0649. The van der Waals surface area contributed by atoms with Crippen LogP contribution in [0, 0.1) is 5.92 Å². The highest BCUT2D eigenvalue weighted by Gasteiger charge is 2.34. The molecule has 5 heteroatoms. The summed E-state index contributed by atoms with van der Waals surface area (Å²) in [5, 5.41) is 12.6. The van der Waals surface area contributed by atoms with Crippen LogP contribution in [-0.4, -0.2) is 46.6 Å². The number of aromatic nitrogens is 1. The zero-order valence-electron chi connectivity index (χ0n) is 11.5. The van der Waals surface area contributed by atoms with Crippen molar-refractivity contribution in [3.8, 4) is 0 Å². The van der Waals surface area contributed by atoms with Gasteiger partial charge in [-0.1, -0.05) is 6.92 Å². The minimum atomic E-state index is -0.0739.